The molecule has 0 amide bonds. The van der Waals surface area contributed by atoms with E-state index >= 15 is 0 Å². The summed E-state index contributed by atoms with van der Waals surface area (Å²) in [6.45, 7) is 1.95. The molecule has 1 rings (SSSR count). The highest BCUT2D eigenvalue weighted by Crippen LogP contribution is 2.21. The fourth-order valence-corrected chi connectivity index (χ4v) is 1.24. The van der Waals surface area contributed by atoms with Gasteiger partial charge in [0.05, 0.1) is 0 Å². The van der Waals surface area contributed by atoms with Gasteiger partial charge in [0.2, 0.25) is 0 Å². The van der Waals surface area contributed by atoms with E-state index in [0.717, 1.165) is 6.42 Å². The van der Waals surface area contributed by atoms with Gasteiger partial charge >= 0.3 is 0 Å². The number of hydrogen-bond acceptors (Lipinski definition) is 1. The summed E-state index contributed by atoms with van der Waals surface area (Å²) in [5.41, 5.74) is 6.84. The average Bonchev–Trinajstić information content (AvgIpc) is 1.88. The number of allylic oxidation sites excluding steroid dienone is 1. The highest BCUT2D eigenvalue weighted by Gasteiger charge is 2.14. The van der Waals surface area contributed by atoms with E-state index in [1.54, 1.807) is 0 Å². The number of nitrogens with two attached hydrogens (primary N) is 1. The molecular formula is C8H14FN. The van der Waals surface area contributed by atoms with Gasteiger partial charge in [-0.3, -0.25) is 0 Å². The second-order valence-corrected chi connectivity index (χ2v) is 2.94. The Morgan fingerprint density at radius 1 is 1.80 bits per heavy atom. The van der Waals surface area contributed by atoms with Crippen LogP contribution in [0.5, 0.6) is 0 Å². The molecule has 0 heterocycles. The Kier molecular flexibility index (Phi) is 2.44. The molecule has 0 fully saturated rings. The third kappa shape index (κ3) is 1.81. The number of hydrogen-bond donors (Lipinski definition) is 1. The van der Waals surface area contributed by atoms with E-state index < -0.39 is 6.17 Å². The molecule has 2 heteroatoms. The molecule has 1 nitrogen and oxygen atoms in total. The first-order chi connectivity index (χ1) is 4.70. The van der Waals surface area contributed by atoms with E-state index in [1.807, 2.05) is 13.0 Å². The van der Waals surface area contributed by atoms with Crippen molar-refractivity contribution in [2.75, 3.05) is 0 Å². The summed E-state index contributed by atoms with van der Waals surface area (Å²) in [4.78, 5) is 0. The summed E-state index contributed by atoms with van der Waals surface area (Å²) < 4.78 is 12.5. The van der Waals surface area contributed by atoms with Crippen LogP contribution in [-0.4, -0.2) is 12.2 Å². The van der Waals surface area contributed by atoms with Gasteiger partial charge in [0.15, 0.2) is 0 Å². The van der Waals surface area contributed by atoms with Crippen molar-refractivity contribution in [2.24, 2.45) is 5.73 Å². The maximum atomic E-state index is 12.5. The van der Waals surface area contributed by atoms with Crippen molar-refractivity contribution in [2.45, 2.75) is 38.4 Å². The lowest BCUT2D eigenvalue weighted by atomic mass is 9.94. The van der Waals surface area contributed by atoms with E-state index in [0.29, 0.717) is 12.8 Å². The quantitative estimate of drug-likeness (QED) is 0.556. The average molecular weight is 143 g/mol. The molecule has 0 saturated heterocycles. The van der Waals surface area contributed by atoms with Gasteiger partial charge in [-0.05, 0) is 26.2 Å². The minimum Gasteiger partial charge on any atom is -0.324 e. The lowest BCUT2D eigenvalue weighted by Crippen LogP contribution is -2.21. The molecule has 0 spiro atoms. The van der Waals surface area contributed by atoms with Crippen molar-refractivity contribution >= 4 is 0 Å². The van der Waals surface area contributed by atoms with Gasteiger partial charge in [0.25, 0.3) is 0 Å². The number of halogens is 1. The van der Waals surface area contributed by atoms with Crippen LogP contribution in [0.25, 0.3) is 0 Å². The Morgan fingerprint density at radius 3 is 2.90 bits per heavy atom. The largest absolute Gasteiger partial charge is 0.324 e. The van der Waals surface area contributed by atoms with Crippen molar-refractivity contribution in [3.05, 3.63) is 11.6 Å². The van der Waals surface area contributed by atoms with Crippen LogP contribution in [-0.2, 0) is 0 Å². The Hall–Kier alpha value is -0.370. The molecule has 0 unspecified atom stereocenters. The third-order valence-corrected chi connectivity index (χ3v) is 1.97. The molecule has 0 aromatic rings. The second kappa shape index (κ2) is 3.15. The second-order valence-electron chi connectivity index (χ2n) is 2.94. The monoisotopic (exact) mass is 143 g/mol. The van der Waals surface area contributed by atoms with Crippen LogP contribution in [0.2, 0.25) is 0 Å². The van der Waals surface area contributed by atoms with Crippen LogP contribution in [0, 0.1) is 0 Å². The Morgan fingerprint density at radius 2 is 2.50 bits per heavy atom. The van der Waals surface area contributed by atoms with Gasteiger partial charge in [0, 0.05) is 6.04 Å². The molecular weight excluding hydrogens is 129 g/mol. The lowest BCUT2D eigenvalue weighted by Gasteiger charge is -2.18. The molecule has 0 radical (unpaired) electrons. The smallest absolute Gasteiger partial charge is 0.104 e. The topological polar surface area (TPSA) is 26.0 Å². The van der Waals surface area contributed by atoms with E-state index in [-0.39, 0.29) is 6.04 Å². The Bertz CT molecular complexity index is 140. The molecule has 2 atom stereocenters. The molecule has 0 saturated carbocycles. The predicted octanol–water partition coefficient (Wildman–Crippen LogP) is 1.78. The molecule has 58 valence electrons. The normalized spacial score (nSPS) is 29.5. The van der Waals surface area contributed by atoms with Crippen LogP contribution in [0.4, 0.5) is 4.39 Å². The first-order valence-electron chi connectivity index (χ1n) is 3.78. The molecule has 10 heavy (non-hydrogen) atoms. The van der Waals surface area contributed by atoms with Crippen molar-refractivity contribution in [3.8, 4) is 0 Å². The fraction of sp³-hybridized carbons (Fsp3) is 0.750. The SMILES string of the molecule is C[C@H](N)C1=CC[C@@H](F)CC1. The van der Waals surface area contributed by atoms with Gasteiger partial charge < -0.3 is 5.73 Å². The molecule has 0 aliphatic heterocycles. The van der Waals surface area contributed by atoms with Crippen molar-refractivity contribution in [1.82, 2.24) is 0 Å². The van der Waals surface area contributed by atoms with Gasteiger partial charge in [-0.25, -0.2) is 4.39 Å². The van der Waals surface area contributed by atoms with Crippen LogP contribution in [0.15, 0.2) is 11.6 Å². The predicted molar refractivity (Wildman–Crippen MR) is 40.5 cm³/mol. The number of alkyl halides is 1. The molecule has 0 bridgehead atoms. The van der Waals surface area contributed by atoms with E-state index in [1.165, 1.54) is 5.57 Å². The van der Waals surface area contributed by atoms with Crippen LogP contribution in [0.3, 0.4) is 0 Å². The fourth-order valence-electron chi connectivity index (χ4n) is 1.24. The summed E-state index contributed by atoms with van der Waals surface area (Å²) in [5.74, 6) is 0. The zero-order valence-electron chi connectivity index (χ0n) is 6.31. The highest BCUT2D eigenvalue weighted by atomic mass is 19.1. The van der Waals surface area contributed by atoms with E-state index in [2.05, 4.69) is 0 Å². The molecule has 2 N–H and O–H groups in total. The summed E-state index contributed by atoms with van der Waals surface area (Å²) in [6, 6.07) is 0.118. The van der Waals surface area contributed by atoms with Crippen molar-refractivity contribution in [3.63, 3.8) is 0 Å². The van der Waals surface area contributed by atoms with Crippen LogP contribution in [0.1, 0.15) is 26.2 Å². The molecule has 0 aromatic heterocycles. The summed E-state index contributed by atoms with van der Waals surface area (Å²) in [7, 11) is 0. The minimum atomic E-state index is -0.623. The Balaban J connectivity index is 2.48. The maximum Gasteiger partial charge on any atom is 0.104 e. The molecule has 1 aliphatic carbocycles. The lowest BCUT2D eigenvalue weighted by molar-refractivity contribution is 0.305. The van der Waals surface area contributed by atoms with Crippen LogP contribution >= 0.6 is 0 Å². The number of rotatable bonds is 1. The van der Waals surface area contributed by atoms with E-state index in [4.69, 9.17) is 5.73 Å². The Labute approximate surface area is 61.1 Å². The van der Waals surface area contributed by atoms with Crippen LogP contribution < -0.4 is 5.73 Å². The van der Waals surface area contributed by atoms with Gasteiger partial charge in [-0.2, -0.15) is 0 Å². The van der Waals surface area contributed by atoms with Crippen molar-refractivity contribution in [1.29, 1.82) is 0 Å². The third-order valence-electron chi connectivity index (χ3n) is 1.97. The zero-order chi connectivity index (χ0) is 7.56. The summed E-state index contributed by atoms with van der Waals surface area (Å²) in [5, 5.41) is 0. The summed E-state index contributed by atoms with van der Waals surface area (Å²) in [6.07, 6.45) is 3.39. The molecule has 1 aliphatic rings. The minimum absolute atomic E-state index is 0.118. The molecule has 0 aromatic carbocycles. The van der Waals surface area contributed by atoms with Gasteiger partial charge in [-0.15, -0.1) is 0 Å². The first-order valence-corrected chi connectivity index (χ1v) is 3.78. The maximum absolute atomic E-state index is 12.5. The standard InChI is InChI=1S/C8H14FN/c1-6(10)7-2-4-8(9)5-3-7/h2,6,8H,3-5,10H2,1H3/t6-,8+/m0/s1. The van der Waals surface area contributed by atoms with Gasteiger partial charge in [0.1, 0.15) is 6.17 Å². The van der Waals surface area contributed by atoms with Crippen molar-refractivity contribution < 1.29 is 4.39 Å². The first kappa shape index (κ1) is 7.73. The van der Waals surface area contributed by atoms with Gasteiger partial charge in [-0.1, -0.05) is 11.6 Å². The zero-order valence-corrected chi connectivity index (χ0v) is 6.31. The van der Waals surface area contributed by atoms with E-state index in [9.17, 15) is 4.39 Å². The summed E-state index contributed by atoms with van der Waals surface area (Å²) >= 11 is 0. The highest BCUT2D eigenvalue weighted by molar-refractivity contribution is 5.12.